The van der Waals surface area contributed by atoms with Crippen LogP contribution in [0.3, 0.4) is 0 Å². The number of benzene rings is 3. The second kappa shape index (κ2) is 10.6. The first-order valence-corrected chi connectivity index (χ1v) is 14.5. The molecule has 2 saturated carbocycles. The molecular weight excluding hydrogens is 490 g/mol. The lowest BCUT2D eigenvalue weighted by Crippen LogP contribution is -2.51. The van der Waals surface area contributed by atoms with E-state index in [0.717, 1.165) is 5.56 Å². The topological polar surface area (TPSA) is 33.3 Å². The SMILES string of the molecule is CC(C)(C)c1ccc(OC(F)F)c(NC2C(C(c3ccccc3)c3ccccc3)NC3CCC[C@H]4C(C3)[C@@H]24)c1. The summed E-state index contributed by atoms with van der Waals surface area (Å²) in [5.74, 6) is 2.20. The van der Waals surface area contributed by atoms with Gasteiger partial charge in [-0.15, -0.1) is 0 Å². The van der Waals surface area contributed by atoms with Crippen LogP contribution >= 0.6 is 0 Å². The van der Waals surface area contributed by atoms with Crippen molar-refractivity contribution in [3.63, 3.8) is 0 Å². The third-order valence-electron chi connectivity index (χ3n) is 9.33. The first kappa shape index (κ1) is 26.3. The van der Waals surface area contributed by atoms with Crippen LogP contribution in [0.25, 0.3) is 0 Å². The maximum absolute atomic E-state index is 13.5. The summed E-state index contributed by atoms with van der Waals surface area (Å²) in [7, 11) is 0. The summed E-state index contributed by atoms with van der Waals surface area (Å²) in [5, 5.41) is 7.99. The number of hydrogen-bond donors (Lipinski definition) is 2. The average Bonchev–Trinajstić information content (AvgIpc) is 3.63. The molecule has 3 nitrogen and oxygen atoms in total. The fourth-order valence-electron chi connectivity index (χ4n) is 7.46. The molecule has 6 rings (SSSR count). The highest BCUT2D eigenvalue weighted by molar-refractivity contribution is 5.60. The second-order valence-electron chi connectivity index (χ2n) is 12.8. The standard InChI is InChI=1S/C34H40F2N2O/c1-34(2,3)23-17-18-28(39-33(35)36)27(19-23)38-32-30-25-16-10-15-24(20-26(25)30)37-31(32)29(21-11-6-4-7-12-21)22-13-8-5-9-14-22/h4-9,11-14,17-19,24-26,29-33,37-38H,10,15-16,20H2,1-3H3/t24?,25-,26?,30-,31?,32?/m0/s1. The number of hydrogen-bond acceptors (Lipinski definition) is 3. The zero-order valence-corrected chi connectivity index (χ0v) is 23.1. The van der Waals surface area contributed by atoms with Crippen molar-refractivity contribution in [3.8, 4) is 5.75 Å². The molecule has 0 radical (unpaired) electrons. The predicted molar refractivity (Wildman–Crippen MR) is 154 cm³/mol. The number of nitrogens with one attached hydrogen (secondary N) is 2. The monoisotopic (exact) mass is 530 g/mol. The van der Waals surface area contributed by atoms with Crippen molar-refractivity contribution in [1.29, 1.82) is 0 Å². The summed E-state index contributed by atoms with van der Waals surface area (Å²) in [5.41, 5.74) is 4.19. The Morgan fingerprint density at radius 1 is 0.872 bits per heavy atom. The maximum Gasteiger partial charge on any atom is 0.387 e. The van der Waals surface area contributed by atoms with Gasteiger partial charge in [-0.3, -0.25) is 0 Å². The molecule has 3 aliphatic rings. The Balaban J connectivity index is 1.46. The predicted octanol–water partition coefficient (Wildman–Crippen LogP) is 7.97. The lowest BCUT2D eigenvalue weighted by atomic mass is 9.79. The molecule has 0 amide bonds. The summed E-state index contributed by atoms with van der Waals surface area (Å²) in [6.07, 6.45) is 4.89. The number of fused-ring (bicyclic) bond motifs is 2. The smallest absolute Gasteiger partial charge is 0.387 e. The zero-order chi connectivity index (χ0) is 27.1. The van der Waals surface area contributed by atoms with Crippen LogP contribution in [0.2, 0.25) is 0 Å². The number of halogens is 2. The van der Waals surface area contributed by atoms with E-state index in [0.29, 0.717) is 29.5 Å². The summed E-state index contributed by atoms with van der Waals surface area (Å²) >= 11 is 0. The van der Waals surface area contributed by atoms with Gasteiger partial charge in [0.15, 0.2) is 0 Å². The summed E-state index contributed by atoms with van der Waals surface area (Å²) in [4.78, 5) is 0. The quantitative estimate of drug-likeness (QED) is 0.325. The molecule has 4 unspecified atom stereocenters. The highest BCUT2D eigenvalue weighted by atomic mass is 19.3. The Morgan fingerprint density at radius 3 is 2.15 bits per heavy atom. The van der Waals surface area contributed by atoms with Gasteiger partial charge in [-0.25, -0.2) is 0 Å². The molecule has 1 aliphatic heterocycles. The average molecular weight is 531 g/mol. The van der Waals surface area contributed by atoms with E-state index in [4.69, 9.17) is 4.74 Å². The fourth-order valence-corrected chi connectivity index (χ4v) is 7.46. The van der Waals surface area contributed by atoms with E-state index in [1.54, 1.807) is 6.07 Å². The molecular formula is C34H40F2N2O. The van der Waals surface area contributed by atoms with Crippen molar-refractivity contribution in [3.05, 3.63) is 95.6 Å². The highest BCUT2D eigenvalue weighted by Crippen LogP contribution is 2.59. The fraction of sp³-hybridized carbons (Fsp3) is 0.471. The van der Waals surface area contributed by atoms with Gasteiger partial charge in [-0.1, -0.05) is 93.9 Å². The van der Waals surface area contributed by atoms with Gasteiger partial charge in [0.05, 0.1) is 5.69 Å². The van der Waals surface area contributed by atoms with Gasteiger partial charge in [-0.05, 0) is 71.3 Å². The molecule has 39 heavy (non-hydrogen) atoms. The van der Waals surface area contributed by atoms with Gasteiger partial charge in [0.25, 0.3) is 0 Å². The Morgan fingerprint density at radius 2 is 1.54 bits per heavy atom. The Labute approximate surface area is 231 Å². The van der Waals surface area contributed by atoms with Gasteiger partial charge in [0, 0.05) is 24.0 Å². The minimum atomic E-state index is -2.87. The van der Waals surface area contributed by atoms with Crippen LogP contribution in [0.1, 0.15) is 69.1 Å². The van der Waals surface area contributed by atoms with Crippen LogP contribution in [0, 0.1) is 17.8 Å². The second-order valence-corrected chi connectivity index (χ2v) is 12.8. The highest BCUT2D eigenvalue weighted by Gasteiger charge is 2.59. The largest absolute Gasteiger partial charge is 0.433 e. The zero-order valence-electron chi connectivity index (χ0n) is 23.1. The number of alkyl halides is 2. The molecule has 0 spiro atoms. The van der Waals surface area contributed by atoms with Crippen LogP contribution in [-0.4, -0.2) is 24.7 Å². The van der Waals surface area contributed by atoms with Crippen LogP contribution in [0.4, 0.5) is 14.5 Å². The summed E-state index contributed by atoms with van der Waals surface area (Å²) < 4.78 is 32.1. The van der Waals surface area contributed by atoms with Crippen molar-refractivity contribution in [2.24, 2.45) is 17.8 Å². The molecule has 5 heteroatoms. The van der Waals surface area contributed by atoms with E-state index in [1.807, 2.05) is 12.1 Å². The number of anilines is 1. The minimum Gasteiger partial charge on any atom is -0.433 e. The van der Waals surface area contributed by atoms with Crippen molar-refractivity contribution in [2.75, 3.05) is 5.32 Å². The lowest BCUT2D eigenvalue weighted by Gasteiger charge is -2.38. The Hall–Kier alpha value is -2.92. The van der Waals surface area contributed by atoms with Gasteiger partial charge in [0.1, 0.15) is 5.75 Å². The molecule has 2 N–H and O–H groups in total. The third kappa shape index (κ3) is 5.43. The Kier molecular flexibility index (Phi) is 7.13. The van der Waals surface area contributed by atoms with E-state index in [1.165, 1.54) is 36.8 Å². The molecule has 1 saturated heterocycles. The summed E-state index contributed by atoms with van der Waals surface area (Å²) in [6, 6.07) is 27.8. The van der Waals surface area contributed by atoms with E-state index in [-0.39, 0.29) is 29.2 Å². The Bertz CT molecular complexity index is 1220. The first-order valence-electron chi connectivity index (χ1n) is 14.5. The van der Waals surface area contributed by atoms with E-state index in [9.17, 15) is 8.78 Å². The lowest BCUT2D eigenvalue weighted by molar-refractivity contribution is -0.0494. The van der Waals surface area contributed by atoms with Gasteiger partial charge in [0.2, 0.25) is 0 Å². The van der Waals surface area contributed by atoms with Crippen molar-refractivity contribution in [1.82, 2.24) is 5.32 Å². The molecule has 1 heterocycles. The van der Waals surface area contributed by atoms with Crippen molar-refractivity contribution < 1.29 is 13.5 Å². The molecule has 2 aliphatic carbocycles. The van der Waals surface area contributed by atoms with Crippen LogP contribution in [0.15, 0.2) is 78.9 Å². The maximum atomic E-state index is 13.5. The first-order chi connectivity index (χ1) is 18.8. The molecule has 6 atom stereocenters. The molecule has 2 bridgehead atoms. The number of rotatable bonds is 7. The van der Waals surface area contributed by atoms with Crippen LogP contribution < -0.4 is 15.4 Å². The summed E-state index contributed by atoms with van der Waals surface area (Å²) in [6.45, 7) is 3.58. The molecule has 0 aromatic heterocycles. The van der Waals surface area contributed by atoms with E-state index in [2.05, 4.69) is 92.1 Å². The van der Waals surface area contributed by atoms with Crippen molar-refractivity contribution in [2.45, 2.75) is 82.5 Å². The third-order valence-corrected chi connectivity index (χ3v) is 9.33. The van der Waals surface area contributed by atoms with Gasteiger partial charge >= 0.3 is 6.61 Å². The molecule has 3 aromatic carbocycles. The molecule has 3 aromatic rings. The van der Waals surface area contributed by atoms with Crippen LogP contribution in [-0.2, 0) is 5.41 Å². The van der Waals surface area contributed by atoms with E-state index >= 15 is 0 Å². The number of ether oxygens (including phenoxy) is 1. The van der Waals surface area contributed by atoms with Crippen LogP contribution in [0.5, 0.6) is 5.75 Å². The minimum absolute atomic E-state index is 0.0729. The van der Waals surface area contributed by atoms with E-state index < -0.39 is 6.61 Å². The molecule has 206 valence electrons. The van der Waals surface area contributed by atoms with Crippen molar-refractivity contribution >= 4 is 5.69 Å². The molecule has 3 fully saturated rings. The van der Waals surface area contributed by atoms with Gasteiger partial charge < -0.3 is 15.4 Å². The van der Waals surface area contributed by atoms with Gasteiger partial charge in [-0.2, -0.15) is 8.78 Å². The normalized spacial score (nSPS) is 28.1.